The molecule has 2 aromatic carbocycles. The Balaban J connectivity index is 1.53. The minimum absolute atomic E-state index is 0.341. The van der Waals surface area contributed by atoms with Crippen LogP contribution in [-0.4, -0.2) is 28.9 Å². The quantitative estimate of drug-likeness (QED) is 0.530. The Hall–Kier alpha value is -2.64. The number of aliphatic hydroxyl groups excluding tert-OH is 1. The molecular weight excluding hydrogens is 459 g/mol. The molecule has 1 aromatic heterocycles. The fourth-order valence-electron chi connectivity index (χ4n) is 3.24. The zero-order valence-corrected chi connectivity index (χ0v) is 18.4. The highest BCUT2D eigenvalue weighted by Gasteiger charge is 2.20. The predicted octanol–water partition coefficient (Wildman–Crippen LogP) is 5.23. The number of hydrogen-bond acceptors (Lipinski definition) is 4. The van der Waals surface area contributed by atoms with Gasteiger partial charge in [0.2, 0.25) is 0 Å². The molecule has 1 atom stereocenters. The third-order valence-electron chi connectivity index (χ3n) is 4.82. The maximum atomic E-state index is 12.0. The van der Waals surface area contributed by atoms with Gasteiger partial charge >= 0.3 is 6.03 Å². The SMILES string of the molecule is O=C1NCC=NN1c1cc(Cl)c(Cc2ccc(C(O)c3cncc(Cl)c3)cc2)c(Cl)c1. The van der Waals surface area contributed by atoms with Gasteiger partial charge in [-0.1, -0.05) is 59.1 Å². The molecule has 158 valence electrons. The molecule has 0 fully saturated rings. The van der Waals surface area contributed by atoms with Crippen molar-refractivity contribution in [1.29, 1.82) is 0 Å². The van der Waals surface area contributed by atoms with Crippen LogP contribution in [0.25, 0.3) is 0 Å². The van der Waals surface area contributed by atoms with Gasteiger partial charge in [-0.3, -0.25) is 4.98 Å². The first-order valence-corrected chi connectivity index (χ1v) is 10.5. The standard InChI is InChI=1S/C22H17Cl3N4O2/c23-16-8-15(11-26-12-16)21(30)14-3-1-13(2-4-14)7-18-19(24)9-17(10-20(18)25)29-22(31)27-5-6-28-29/h1-4,6,8-12,21,30H,5,7H2,(H,27,31). The number of rotatable bonds is 5. The molecule has 1 unspecified atom stereocenters. The van der Waals surface area contributed by atoms with Crippen molar-refractivity contribution in [2.24, 2.45) is 5.10 Å². The van der Waals surface area contributed by atoms with Crippen LogP contribution in [0.1, 0.15) is 28.4 Å². The highest BCUT2D eigenvalue weighted by Crippen LogP contribution is 2.33. The number of carbonyl (C=O) groups excluding carboxylic acids is 1. The molecule has 0 bridgehead atoms. The number of hydrazone groups is 1. The molecule has 6 nitrogen and oxygen atoms in total. The molecule has 3 aromatic rings. The van der Waals surface area contributed by atoms with Gasteiger partial charge in [-0.25, -0.2) is 4.79 Å². The van der Waals surface area contributed by atoms with E-state index in [4.69, 9.17) is 34.8 Å². The van der Waals surface area contributed by atoms with E-state index < -0.39 is 6.10 Å². The topological polar surface area (TPSA) is 77.8 Å². The summed E-state index contributed by atoms with van der Waals surface area (Å²) in [5.41, 5.74) is 3.52. The molecule has 2 N–H and O–H groups in total. The Morgan fingerprint density at radius 3 is 2.39 bits per heavy atom. The van der Waals surface area contributed by atoms with Gasteiger partial charge in [0.15, 0.2) is 0 Å². The zero-order valence-electron chi connectivity index (χ0n) is 16.1. The summed E-state index contributed by atoms with van der Waals surface area (Å²) in [6, 6.07) is 12.1. The molecular formula is C22H17Cl3N4O2. The number of aromatic nitrogens is 1. The van der Waals surface area contributed by atoms with Crippen molar-refractivity contribution in [3.05, 3.63) is 92.2 Å². The molecule has 0 aliphatic carbocycles. The third-order valence-corrected chi connectivity index (χ3v) is 5.70. The number of hydrogen-bond donors (Lipinski definition) is 2. The van der Waals surface area contributed by atoms with Crippen molar-refractivity contribution >= 4 is 52.7 Å². The summed E-state index contributed by atoms with van der Waals surface area (Å²) in [7, 11) is 0. The van der Waals surface area contributed by atoms with E-state index in [0.29, 0.717) is 44.8 Å². The highest BCUT2D eigenvalue weighted by atomic mass is 35.5. The lowest BCUT2D eigenvalue weighted by Crippen LogP contribution is -2.41. The van der Waals surface area contributed by atoms with Gasteiger partial charge in [-0.2, -0.15) is 10.1 Å². The molecule has 0 spiro atoms. The fourth-order valence-corrected chi connectivity index (χ4v) is 4.03. The van der Waals surface area contributed by atoms with Crippen LogP contribution in [0.5, 0.6) is 0 Å². The second kappa shape index (κ2) is 9.24. The number of nitrogens with one attached hydrogen (secondary N) is 1. The summed E-state index contributed by atoms with van der Waals surface area (Å²) in [5.74, 6) is 0. The predicted molar refractivity (Wildman–Crippen MR) is 123 cm³/mol. The maximum absolute atomic E-state index is 12.0. The molecule has 1 aliphatic heterocycles. The van der Waals surface area contributed by atoms with Crippen molar-refractivity contribution in [1.82, 2.24) is 10.3 Å². The van der Waals surface area contributed by atoms with Gasteiger partial charge in [0.1, 0.15) is 6.10 Å². The number of aliphatic hydroxyl groups is 1. The van der Waals surface area contributed by atoms with Crippen molar-refractivity contribution < 1.29 is 9.90 Å². The van der Waals surface area contributed by atoms with Crippen molar-refractivity contribution in [2.45, 2.75) is 12.5 Å². The van der Waals surface area contributed by atoms with E-state index in [1.54, 1.807) is 30.6 Å². The number of benzene rings is 2. The van der Waals surface area contributed by atoms with Crippen LogP contribution in [0.4, 0.5) is 10.5 Å². The normalized spacial score (nSPS) is 14.5. The number of carbonyl (C=O) groups is 1. The summed E-state index contributed by atoms with van der Waals surface area (Å²) in [4.78, 5) is 16.0. The molecule has 2 heterocycles. The Morgan fingerprint density at radius 1 is 1.03 bits per heavy atom. The summed E-state index contributed by atoms with van der Waals surface area (Å²) >= 11 is 18.9. The van der Waals surface area contributed by atoms with Crippen LogP contribution in [0, 0.1) is 0 Å². The first kappa shape index (κ1) is 21.6. The number of pyridine rings is 1. The largest absolute Gasteiger partial charge is 0.384 e. The third kappa shape index (κ3) is 4.83. The average Bonchev–Trinajstić information content (AvgIpc) is 2.76. The lowest BCUT2D eigenvalue weighted by atomic mass is 9.99. The van der Waals surface area contributed by atoms with Crippen molar-refractivity contribution in [3.63, 3.8) is 0 Å². The Bertz CT molecular complexity index is 1130. The Labute approximate surface area is 194 Å². The van der Waals surface area contributed by atoms with Gasteiger partial charge in [-0.15, -0.1) is 0 Å². The molecule has 9 heteroatoms. The van der Waals surface area contributed by atoms with Crippen LogP contribution in [0.2, 0.25) is 15.1 Å². The van der Waals surface area contributed by atoms with Crippen molar-refractivity contribution in [3.8, 4) is 0 Å². The van der Waals surface area contributed by atoms with Gasteiger partial charge in [0, 0.05) is 40.6 Å². The minimum atomic E-state index is -0.831. The van der Waals surface area contributed by atoms with E-state index >= 15 is 0 Å². The number of nitrogens with zero attached hydrogens (tertiary/aromatic N) is 3. The Kier molecular flexibility index (Phi) is 6.43. The molecule has 31 heavy (non-hydrogen) atoms. The summed E-state index contributed by atoms with van der Waals surface area (Å²) in [6.45, 7) is 0.382. The van der Waals surface area contributed by atoms with Crippen LogP contribution in [0.3, 0.4) is 0 Å². The van der Waals surface area contributed by atoms with Crippen LogP contribution < -0.4 is 10.3 Å². The number of anilines is 1. The lowest BCUT2D eigenvalue weighted by molar-refractivity contribution is 0.220. The van der Waals surface area contributed by atoms with Gasteiger partial charge in [0.25, 0.3) is 0 Å². The second-order valence-corrected chi connectivity index (χ2v) is 8.19. The van der Waals surface area contributed by atoms with Crippen LogP contribution in [-0.2, 0) is 6.42 Å². The van der Waals surface area contributed by atoms with Crippen molar-refractivity contribution in [2.75, 3.05) is 11.6 Å². The van der Waals surface area contributed by atoms with E-state index in [-0.39, 0.29) is 6.03 Å². The maximum Gasteiger partial charge on any atom is 0.342 e. The van der Waals surface area contributed by atoms with E-state index in [0.717, 1.165) is 11.1 Å². The van der Waals surface area contributed by atoms with Gasteiger partial charge in [0.05, 0.1) is 17.3 Å². The lowest BCUT2D eigenvalue weighted by Gasteiger charge is -2.22. The van der Waals surface area contributed by atoms with Crippen LogP contribution in [0.15, 0.2) is 60.0 Å². The smallest absolute Gasteiger partial charge is 0.342 e. The summed E-state index contributed by atoms with van der Waals surface area (Å²) in [5, 5.41) is 19.9. The zero-order chi connectivity index (χ0) is 22.0. The fraction of sp³-hybridized carbons (Fsp3) is 0.136. The first-order chi connectivity index (χ1) is 14.9. The monoisotopic (exact) mass is 474 g/mol. The number of urea groups is 1. The minimum Gasteiger partial charge on any atom is -0.384 e. The van der Waals surface area contributed by atoms with E-state index in [2.05, 4.69) is 15.4 Å². The number of amides is 2. The second-order valence-electron chi connectivity index (χ2n) is 6.94. The van der Waals surface area contributed by atoms with E-state index in [1.807, 2.05) is 24.3 Å². The van der Waals surface area contributed by atoms with Gasteiger partial charge < -0.3 is 10.4 Å². The van der Waals surface area contributed by atoms with Crippen LogP contribution >= 0.6 is 34.8 Å². The van der Waals surface area contributed by atoms with E-state index in [1.165, 1.54) is 11.2 Å². The Morgan fingerprint density at radius 2 is 1.74 bits per heavy atom. The van der Waals surface area contributed by atoms with E-state index in [9.17, 15) is 9.90 Å². The molecule has 1 aliphatic rings. The summed E-state index contributed by atoms with van der Waals surface area (Å²) in [6.07, 6.45) is 4.35. The molecule has 4 rings (SSSR count). The highest BCUT2D eigenvalue weighted by molar-refractivity contribution is 6.36. The average molecular weight is 476 g/mol. The first-order valence-electron chi connectivity index (χ1n) is 9.38. The summed E-state index contributed by atoms with van der Waals surface area (Å²) < 4.78 is 0. The molecule has 0 saturated carbocycles. The molecule has 2 amide bonds. The molecule has 0 radical (unpaired) electrons. The number of halogens is 3. The molecule has 0 saturated heterocycles. The van der Waals surface area contributed by atoms with Gasteiger partial charge in [-0.05, 0) is 34.9 Å².